The summed E-state index contributed by atoms with van der Waals surface area (Å²) in [6, 6.07) is 12.8. The van der Waals surface area contributed by atoms with Gasteiger partial charge in [-0.3, -0.25) is 0 Å². The number of nitrogens with zero attached hydrogens (tertiary/aromatic N) is 3. The van der Waals surface area contributed by atoms with E-state index in [9.17, 15) is 22.7 Å². The fraction of sp³-hybridized carbons (Fsp3) is 0.148. The van der Waals surface area contributed by atoms with Gasteiger partial charge in [0, 0.05) is 23.9 Å². The third-order valence-electron chi connectivity index (χ3n) is 6.33. The molecule has 0 bridgehead atoms. The highest BCUT2D eigenvalue weighted by atomic mass is 32.2. The van der Waals surface area contributed by atoms with Crippen molar-refractivity contribution < 1.29 is 22.7 Å². The van der Waals surface area contributed by atoms with Crippen LogP contribution in [0, 0.1) is 5.82 Å². The maximum atomic E-state index is 14.0. The van der Waals surface area contributed by atoms with E-state index >= 15 is 0 Å². The molecule has 0 saturated carbocycles. The van der Waals surface area contributed by atoms with E-state index in [0.29, 0.717) is 18.0 Å². The SMILES string of the molecule is CC1=CCC(c2nn(-c3nc(C(=O)O)cs3)cc2Cc2ccc(S(N)(=O)=O)cc2)C=C1c1cccc(F)c1. The quantitative estimate of drug-likeness (QED) is 0.336. The molecule has 194 valence electrons. The van der Waals surface area contributed by atoms with Gasteiger partial charge in [-0.1, -0.05) is 36.4 Å². The smallest absolute Gasteiger partial charge is 0.355 e. The molecule has 1 unspecified atom stereocenters. The number of hydrogen-bond acceptors (Lipinski definition) is 6. The number of rotatable bonds is 7. The minimum absolute atomic E-state index is 0.0247. The average Bonchev–Trinajstić information content (AvgIpc) is 3.52. The van der Waals surface area contributed by atoms with Gasteiger partial charge < -0.3 is 5.11 Å². The van der Waals surface area contributed by atoms with Gasteiger partial charge in [0.1, 0.15) is 5.82 Å². The Labute approximate surface area is 222 Å². The molecule has 0 radical (unpaired) electrons. The lowest BCUT2D eigenvalue weighted by Crippen LogP contribution is -2.12. The number of halogens is 1. The molecule has 4 aromatic rings. The van der Waals surface area contributed by atoms with Gasteiger partial charge in [-0.2, -0.15) is 5.10 Å². The van der Waals surface area contributed by atoms with Crippen molar-refractivity contribution in [3.05, 3.63) is 112 Å². The predicted molar refractivity (Wildman–Crippen MR) is 142 cm³/mol. The minimum Gasteiger partial charge on any atom is -0.476 e. The first-order chi connectivity index (χ1) is 18.1. The van der Waals surface area contributed by atoms with E-state index in [1.54, 1.807) is 22.9 Å². The first kappa shape index (κ1) is 25.7. The molecule has 0 aliphatic heterocycles. The van der Waals surface area contributed by atoms with Gasteiger partial charge in [0.25, 0.3) is 0 Å². The van der Waals surface area contributed by atoms with Crippen molar-refractivity contribution in [3.63, 3.8) is 0 Å². The van der Waals surface area contributed by atoms with Gasteiger partial charge in [-0.25, -0.2) is 32.4 Å². The van der Waals surface area contributed by atoms with Crippen molar-refractivity contribution in [2.24, 2.45) is 5.14 Å². The van der Waals surface area contributed by atoms with Crippen LogP contribution in [0.15, 0.2) is 82.7 Å². The fourth-order valence-corrected chi connectivity index (χ4v) is 5.68. The van der Waals surface area contributed by atoms with Crippen LogP contribution in [0.1, 0.15) is 52.1 Å². The summed E-state index contributed by atoms with van der Waals surface area (Å²) < 4.78 is 38.8. The monoisotopic (exact) mass is 550 g/mol. The second-order valence-corrected chi connectivity index (χ2v) is 11.4. The van der Waals surface area contributed by atoms with Crippen LogP contribution in [0.4, 0.5) is 4.39 Å². The molecule has 11 heteroatoms. The number of sulfonamides is 1. The third-order valence-corrected chi connectivity index (χ3v) is 8.09. The molecule has 2 heterocycles. The van der Waals surface area contributed by atoms with Gasteiger partial charge in [-0.05, 0) is 65.4 Å². The maximum Gasteiger partial charge on any atom is 0.355 e. The van der Waals surface area contributed by atoms with Crippen LogP contribution in [-0.2, 0) is 16.4 Å². The van der Waals surface area contributed by atoms with Crippen molar-refractivity contribution in [2.45, 2.75) is 30.6 Å². The average molecular weight is 551 g/mol. The molecule has 2 aromatic carbocycles. The Balaban J connectivity index is 1.56. The largest absolute Gasteiger partial charge is 0.476 e. The summed E-state index contributed by atoms with van der Waals surface area (Å²) in [6.07, 6.45) is 7.11. The number of carbonyl (C=O) groups is 1. The van der Waals surface area contributed by atoms with Gasteiger partial charge in [0.05, 0.1) is 10.6 Å². The summed E-state index contributed by atoms with van der Waals surface area (Å²) in [5.41, 5.74) is 5.15. The van der Waals surface area contributed by atoms with Crippen molar-refractivity contribution in [2.75, 3.05) is 0 Å². The number of primary sulfonamides is 1. The fourth-order valence-electron chi connectivity index (χ4n) is 4.44. The molecule has 5 rings (SSSR count). The highest BCUT2D eigenvalue weighted by Crippen LogP contribution is 2.37. The molecule has 8 nitrogen and oxygen atoms in total. The van der Waals surface area contributed by atoms with Crippen LogP contribution in [0.3, 0.4) is 0 Å². The van der Waals surface area contributed by atoms with Crippen molar-refractivity contribution in [1.29, 1.82) is 0 Å². The topological polar surface area (TPSA) is 128 Å². The van der Waals surface area contributed by atoms with Gasteiger partial charge in [0.15, 0.2) is 5.69 Å². The number of carboxylic acids is 1. The van der Waals surface area contributed by atoms with Crippen LogP contribution in [0.25, 0.3) is 10.7 Å². The number of carboxylic acid groups (broad SMARTS) is 1. The highest BCUT2D eigenvalue weighted by molar-refractivity contribution is 7.89. The second kappa shape index (κ2) is 10.1. The lowest BCUT2D eigenvalue weighted by Gasteiger charge is -2.20. The summed E-state index contributed by atoms with van der Waals surface area (Å²) >= 11 is 1.17. The summed E-state index contributed by atoms with van der Waals surface area (Å²) in [5, 5.41) is 21.2. The number of thiazole rings is 1. The van der Waals surface area contributed by atoms with Gasteiger partial charge in [-0.15, -0.1) is 11.3 Å². The Hall–Kier alpha value is -3.93. The molecule has 2 aromatic heterocycles. The van der Waals surface area contributed by atoms with E-state index in [2.05, 4.69) is 17.1 Å². The normalized spacial score (nSPS) is 15.7. The van der Waals surface area contributed by atoms with Crippen LogP contribution in [-0.4, -0.2) is 34.3 Å². The number of aromatic carboxylic acids is 1. The Bertz CT molecular complexity index is 1700. The van der Waals surface area contributed by atoms with E-state index in [-0.39, 0.29) is 22.3 Å². The maximum absolute atomic E-state index is 14.0. The number of benzene rings is 2. The first-order valence-electron chi connectivity index (χ1n) is 11.6. The number of hydrogen-bond donors (Lipinski definition) is 2. The molecule has 1 atom stereocenters. The third kappa shape index (κ3) is 5.35. The van der Waals surface area contributed by atoms with Crippen LogP contribution in [0.5, 0.6) is 0 Å². The number of nitrogens with two attached hydrogens (primary N) is 1. The molecular weight excluding hydrogens is 527 g/mol. The van der Waals surface area contributed by atoms with Gasteiger partial charge in [0.2, 0.25) is 15.2 Å². The Kier molecular flexibility index (Phi) is 6.82. The minimum atomic E-state index is -3.81. The summed E-state index contributed by atoms with van der Waals surface area (Å²) in [4.78, 5) is 15.6. The Morgan fingerprint density at radius 1 is 1.24 bits per heavy atom. The summed E-state index contributed by atoms with van der Waals surface area (Å²) in [7, 11) is -3.81. The summed E-state index contributed by atoms with van der Waals surface area (Å²) in [5.74, 6) is -1.56. The van der Waals surface area contributed by atoms with E-state index < -0.39 is 16.0 Å². The second-order valence-electron chi connectivity index (χ2n) is 8.99. The standard InChI is InChI=1S/C27H23FN4O4S2/c1-16-5-8-19(13-23(16)18-3-2-4-21(28)12-18)25-20(11-17-6-9-22(10-7-17)38(29,35)36)14-32(31-25)27-30-24(15-37-27)26(33)34/h2-7,9-10,12-15,19H,8,11H2,1H3,(H,33,34)(H2,29,35,36). The van der Waals surface area contributed by atoms with E-state index in [1.165, 1.54) is 41.0 Å². The molecular formula is C27H23FN4O4S2. The van der Waals surface area contributed by atoms with Crippen molar-refractivity contribution in [1.82, 2.24) is 14.8 Å². The molecule has 0 fully saturated rings. The molecule has 1 aliphatic carbocycles. The van der Waals surface area contributed by atoms with Crippen molar-refractivity contribution >= 4 is 32.9 Å². The molecule has 1 aliphatic rings. The first-order valence-corrected chi connectivity index (χ1v) is 14.1. The lowest BCUT2D eigenvalue weighted by atomic mass is 9.84. The highest BCUT2D eigenvalue weighted by Gasteiger charge is 2.24. The zero-order valence-corrected chi connectivity index (χ0v) is 21.8. The van der Waals surface area contributed by atoms with Crippen LogP contribution in [0.2, 0.25) is 0 Å². The van der Waals surface area contributed by atoms with Crippen molar-refractivity contribution in [3.8, 4) is 5.13 Å². The molecule has 38 heavy (non-hydrogen) atoms. The zero-order chi connectivity index (χ0) is 27.0. The number of aromatic nitrogens is 3. The lowest BCUT2D eigenvalue weighted by molar-refractivity contribution is 0.0691. The Morgan fingerprint density at radius 3 is 2.66 bits per heavy atom. The zero-order valence-electron chi connectivity index (χ0n) is 20.2. The van der Waals surface area contributed by atoms with E-state index in [1.807, 2.05) is 19.2 Å². The van der Waals surface area contributed by atoms with Crippen LogP contribution < -0.4 is 5.14 Å². The molecule has 0 amide bonds. The van der Waals surface area contributed by atoms with E-state index in [0.717, 1.165) is 33.5 Å². The molecule has 3 N–H and O–H groups in total. The van der Waals surface area contributed by atoms with Gasteiger partial charge >= 0.3 is 5.97 Å². The molecule has 0 saturated heterocycles. The van der Waals surface area contributed by atoms with E-state index in [4.69, 9.17) is 10.2 Å². The Morgan fingerprint density at radius 2 is 2.00 bits per heavy atom. The number of allylic oxidation sites excluding steroid dienone is 4. The summed E-state index contributed by atoms with van der Waals surface area (Å²) in [6.45, 7) is 1.99. The molecule has 0 spiro atoms. The predicted octanol–water partition coefficient (Wildman–Crippen LogP) is 4.92. The van der Waals surface area contributed by atoms with Crippen LogP contribution >= 0.6 is 11.3 Å².